The molecule has 0 unspecified atom stereocenters. The summed E-state index contributed by atoms with van der Waals surface area (Å²) >= 11 is 0. The average molecular weight is 775 g/mol. The van der Waals surface area contributed by atoms with Crippen LogP contribution in [0.25, 0.3) is 121 Å². The number of aromatic nitrogens is 2. The first-order valence-corrected chi connectivity index (χ1v) is 21.0. The summed E-state index contributed by atoms with van der Waals surface area (Å²) < 4.78 is 0. The van der Waals surface area contributed by atoms with Gasteiger partial charge in [-0.25, -0.2) is 4.98 Å². The summed E-state index contributed by atoms with van der Waals surface area (Å²) in [6.45, 7) is 2.28. The second kappa shape index (κ2) is 14.1. The molecule has 12 rings (SSSR count). The van der Waals surface area contributed by atoms with Gasteiger partial charge in [0.1, 0.15) is 0 Å². The Labute approximate surface area is 354 Å². The Morgan fingerprint density at radius 3 is 1.46 bits per heavy atom. The van der Waals surface area contributed by atoms with Crippen molar-refractivity contribution >= 4 is 64.9 Å². The molecule has 0 bridgehead atoms. The molecule has 10 aromatic carbocycles. The molecule has 0 atom stereocenters. The SMILES string of the molecule is Cc1cc(-c2c3ccccc3c(-c3ccc4ccc5cccnc5c4n3)c3ccccc23)ccc1-c1c2ccccc2c(-c2ccccc2)c2cc(-c3ccccc3)ccc12. The molecule has 0 aliphatic heterocycles. The molecule has 0 radical (unpaired) electrons. The van der Waals surface area contributed by atoms with Gasteiger partial charge in [0.05, 0.1) is 16.7 Å². The van der Waals surface area contributed by atoms with E-state index in [0.29, 0.717) is 0 Å². The maximum Gasteiger partial charge on any atom is 0.0972 e. The van der Waals surface area contributed by atoms with E-state index in [0.717, 1.165) is 33.1 Å². The van der Waals surface area contributed by atoms with E-state index in [1.165, 1.54) is 93.2 Å². The van der Waals surface area contributed by atoms with E-state index in [9.17, 15) is 0 Å². The Morgan fingerprint density at radius 1 is 0.311 bits per heavy atom. The highest BCUT2D eigenvalue weighted by atomic mass is 14.8. The van der Waals surface area contributed by atoms with Gasteiger partial charge < -0.3 is 0 Å². The molecular weight excluding hydrogens is 737 g/mol. The molecule has 2 heteroatoms. The first-order valence-electron chi connectivity index (χ1n) is 21.0. The maximum atomic E-state index is 5.37. The summed E-state index contributed by atoms with van der Waals surface area (Å²) in [4.78, 5) is 10.1. The Balaban J connectivity index is 1.08. The summed E-state index contributed by atoms with van der Waals surface area (Å²) in [6.07, 6.45) is 1.86. The molecule has 2 aromatic heterocycles. The number of benzene rings is 10. The van der Waals surface area contributed by atoms with E-state index in [-0.39, 0.29) is 0 Å². The van der Waals surface area contributed by atoms with Crippen LogP contribution in [-0.2, 0) is 0 Å². The molecular formula is C59H38N2. The standard InChI is InChI=1S/C59H38N2/c1-37-35-43(55-46-21-9-12-24-49(46)57(50-25-13-10-22-47(50)55)53-33-30-41-27-26-40-19-14-34-60-58(40)59(41)61-53)29-31-44(37)56-48-23-11-8-20-45(48)54(39-17-6-3-7-18-39)52-36-42(28-32-51(52)56)38-15-4-2-5-16-38/h2-36H,1H3. The van der Waals surface area contributed by atoms with Crippen LogP contribution >= 0.6 is 0 Å². The van der Waals surface area contributed by atoms with Crippen LogP contribution in [0.15, 0.2) is 212 Å². The van der Waals surface area contributed by atoms with Gasteiger partial charge in [-0.05, 0) is 118 Å². The van der Waals surface area contributed by atoms with Crippen LogP contribution in [0, 0.1) is 6.92 Å². The van der Waals surface area contributed by atoms with E-state index >= 15 is 0 Å². The molecule has 0 saturated carbocycles. The average Bonchev–Trinajstić information content (AvgIpc) is 3.32. The number of nitrogens with zero attached hydrogens (tertiary/aromatic N) is 2. The highest BCUT2D eigenvalue weighted by Gasteiger charge is 2.21. The number of hydrogen-bond acceptors (Lipinski definition) is 2. The maximum absolute atomic E-state index is 5.37. The summed E-state index contributed by atoms with van der Waals surface area (Å²) in [6, 6.07) is 75.1. The smallest absolute Gasteiger partial charge is 0.0972 e. The Hall–Kier alpha value is -7.94. The molecule has 0 aliphatic carbocycles. The van der Waals surface area contributed by atoms with Crippen LogP contribution in [0.1, 0.15) is 5.56 Å². The van der Waals surface area contributed by atoms with Crippen LogP contribution in [0.5, 0.6) is 0 Å². The Morgan fingerprint density at radius 2 is 0.820 bits per heavy atom. The first kappa shape index (κ1) is 35.0. The van der Waals surface area contributed by atoms with Crippen molar-refractivity contribution in [2.45, 2.75) is 6.92 Å². The fourth-order valence-corrected chi connectivity index (χ4v) is 9.87. The minimum atomic E-state index is 0.923. The zero-order valence-electron chi connectivity index (χ0n) is 33.6. The zero-order chi connectivity index (χ0) is 40.4. The molecule has 12 aromatic rings. The van der Waals surface area contributed by atoms with Gasteiger partial charge in [-0.15, -0.1) is 0 Å². The second-order valence-corrected chi connectivity index (χ2v) is 16.1. The van der Waals surface area contributed by atoms with E-state index < -0.39 is 0 Å². The van der Waals surface area contributed by atoms with E-state index in [1.54, 1.807) is 0 Å². The molecule has 0 saturated heterocycles. The highest BCUT2D eigenvalue weighted by molar-refractivity contribution is 6.24. The largest absolute Gasteiger partial charge is 0.254 e. The molecule has 0 spiro atoms. The fourth-order valence-electron chi connectivity index (χ4n) is 9.87. The van der Waals surface area contributed by atoms with Crippen molar-refractivity contribution in [3.8, 4) is 55.8 Å². The third-order valence-corrected chi connectivity index (χ3v) is 12.6. The van der Waals surface area contributed by atoms with Crippen LogP contribution in [-0.4, -0.2) is 9.97 Å². The van der Waals surface area contributed by atoms with Crippen LogP contribution < -0.4 is 0 Å². The fraction of sp³-hybridized carbons (Fsp3) is 0.0169. The molecule has 284 valence electrons. The minimum Gasteiger partial charge on any atom is -0.254 e. The molecule has 2 heterocycles. The van der Waals surface area contributed by atoms with Gasteiger partial charge in [0.15, 0.2) is 0 Å². The lowest BCUT2D eigenvalue weighted by atomic mass is 9.82. The van der Waals surface area contributed by atoms with Crippen LogP contribution in [0.3, 0.4) is 0 Å². The van der Waals surface area contributed by atoms with Crippen molar-refractivity contribution in [3.05, 3.63) is 218 Å². The number of fused-ring (bicyclic) bond motifs is 7. The summed E-state index contributed by atoms with van der Waals surface area (Å²) in [5.74, 6) is 0. The van der Waals surface area contributed by atoms with Gasteiger partial charge in [0.25, 0.3) is 0 Å². The van der Waals surface area contributed by atoms with Crippen molar-refractivity contribution < 1.29 is 0 Å². The Bertz CT molecular complexity index is 3640. The van der Waals surface area contributed by atoms with Crippen molar-refractivity contribution in [2.24, 2.45) is 0 Å². The predicted molar refractivity (Wildman–Crippen MR) is 259 cm³/mol. The van der Waals surface area contributed by atoms with Gasteiger partial charge in [-0.1, -0.05) is 188 Å². The van der Waals surface area contributed by atoms with Gasteiger partial charge in [0, 0.05) is 22.5 Å². The molecule has 61 heavy (non-hydrogen) atoms. The van der Waals surface area contributed by atoms with Gasteiger partial charge in [-0.2, -0.15) is 0 Å². The normalized spacial score (nSPS) is 11.7. The summed E-state index contributed by atoms with van der Waals surface area (Å²) in [5.41, 5.74) is 15.0. The lowest BCUT2D eigenvalue weighted by Crippen LogP contribution is -1.95. The second-order valence-electron chi connectivity index (χ2n) is 16.1. The molecule has 0 amide bonds. The van der Waals surface area contributed by atoms with Gasteiger partial charge in [-0.3, -0.25) is 4.98 Å². The molecule has 0 fully saturated rings. The highest BCUT2D eigenvalue weighted by Crippen LogP contribution is 2.48. The van der Waals surface area contributed by atoms with E-state index in [4.69, 9.17) is 9.97 Å². The lowest BCUT2D eigenvalue weighted by Gasteiger charge is -2.21. The van der Waals surface area contributed by atoms with Crippen LogP contribution in [0.4, 0.5) is 0 Å². The minimum absolute atomic E-state index is 0.923. The first-order chi connectivity index (χ1) is 30.2. The molecule has 0 aliphatic rings. The number of rotatable bonds is 5. The Kier molecular flexibility index (Phi) is 8.11. The third-order valence-electron chi connectivity index (χ3n) is 12.6. The van der Waals surface area contributed by atoms with Crippen molar-refractivity contribution in [1.82, 2.24) is 9.97 Å². The molecule has 2 nitrogen and oxygen atoms in total. The van der Waals surface area contributed by atoms with Crippen molar-refractivity contribution in [1.29, 1.82) is 0 Å². The third kappa shape index (κ3) is 5.64. The summed E-state index contributed by atoms with van der Waals surface area (Å²) in [5, 5.41) is 12.0. The lowest BCUT2D eigenvalue weighted by molar-refractivity contribution is 1.38. The van der Waals surface area contributed by atoms with Gasteiger partial charge >= 0.3 is 0 Å². The van der Waals surface area contributed by atoms with Crippen molar-refractivity contribution in [3.63, 3.8) is 0 Å². The van der Waals surface area contributed by atoms with E-state index in [1.807, 2.05) is 12.3 Å². The zero-order valence-corrected chi connectivity index (χ0v) is 33.6. The monoisotopic (exact) mass is 774 g/mol. The van der Waals surface area contributed by atoms with Crippen molar-refractivity contribution in [2.75, 3.05) is 0 Å². The van der Waals surface area contributed by atoms with Gasteiger partial charge in [0.2, 0.25) is 0 Å². The number of pyridine rings is 2. The topological polar surface area (TPSA) is 25.8 Å². The summed E-state index contributed by atoms with van der Waals surface area (Å²) in [7, 11) is 0. The number of aryl methyl sites for hydroxylation is 1. The number of hydrogen-bond donors (Lipinski definition) is 0. The van der Waals surface area contributed by atoms with Crippen LogP contribution in [0.2, 0.25) is 0 Å². The predicted octanol–water partition coefficient (Wildman–Crippen LogP) is 16.0. The quantitative estimate of drug-likeness (QED) is 0.129. The van der Waals surface area contributed by atoms with E-state index in [2.05, 4.69) is 207 Å². The molecule has 0 N–H and O–H groups in total.